The van der Waals surface area contributed by atoms with Gasteiger partial charge in [-0.3, -0.25) is 9.52 Å². The summed E-state index contributed by atoms with van der Waals surface area (Å²) in [5.74, 6) is -0.199. The normalized spacial score (nSPS) is 11.5. The maximum absolute atomic E-state index is 12.4. The van der Waals surface area contributed by atoms with Gasteiger partial charge in [-0.15, -0.1) is 0 Å². The Bertz CT molecular complexity index is 1090. The molecule has 3 rings (SSSR count). The van der Waals surface area contributed by atoms with Crippen molar-refractivity contribution in [3.63, 3.8) is 0 Å². The Morgan fingerprint density at radius 2 is 1.96 bits per heavy atom. The summed E-state index contributed by atoms with van der Waals surface area (Å²) in [5, 5.41) is 4.36. The quantitative estimate of drug-likeness (QED) is 0.619. The van der Waals surface area contributed by atoms with Gasteiger partial charge in [0.2, 0.25) is 15.9 Å². The van der Waals surface area contributed by atoms with Gasteiger partial charge >= 0.3 is 0 Å². The zero-order valence-corrected chi connectivity index (χ0v) is 15.8. The van der Waals surface area contributed by atoms with Crippen molar-refractivity contribution in [2.75, 3.05) is 16.3 Å². The number of hydrogen-bond acceptors (Lipinski definition) is 3. The molecule has 0 aliphatic rings. The Morgan fingerprint density at radius 3 is 2.69 bits per heavy atom. The Kier molecular flexibility index (Phi) is 4.93. The van der Waals surface area contributed by atoms with Crippen LogP contribution < -0.4 is 10.0 Å². The Labute approximate surface area is 156 Å². The van der Waals surface area contributed by atoms with E-state index in [1.807, 2.05) is 6.07 Å². The zero-order chi connectivity index (χ0) is 18.9. The minimum atomic E-state index is -3.39. The van der Waals surface area contributed by atoms with Crippen LogP contribution in [0.5, 0.6) is 0 Å². The number of fused-ring (bicyclic) bond motifs is 1. The standard InChI is InChI=1S/C18H18ClN3O3S/c1-11-3-5-14(9-16(11)22-26(2,24)25)21-18(23)7-12-10-20-17-8-13(19)4-6-15(12)17/h3-6,8-10,20,22H,7H2,1-2H3,(H,21,23). The molecule has 0 spiro atoms. The topological polar surface area (TPSA) is 91.1 Å². The van der Waals surface area contributed by atoms with E-state index >= 15 is 0 Å². The Balaban J connectivity index is 1.76. The maximum atomic E-state index is 12.4. The van der Waals surface area contributed by atoms with E-state index in [2.05, 4.69) is 15.0 Å². The van der Waals surface area contributed by atoms with Gasteiger partial charge in [0.05, 0.1) is 18.4 Å². The third-order valence-corrected chi connectivity index (χ3v) is 4.72. The highest BCUT2D eigenvalue weighted by Gasteiger charge is 2.11. The second kappa shape index (κ2) is 7.01. The number of rotatable bonds is 5. The summed E-state index contributed by atoms with van der Waals surface area (Å²) in [6, 6.07) is 10.5. The van der Waals surface area contributed by atoms with Crippen LogP contribution in [0.1, 0.15) is 11.1 Å². The van der Waals surface area contributed by atoms with Crippen molar-refractivity contribution in [2.45, 2.75) is 13.3 Å². The van der Waals surface area contributed by atoms with Gasteiger partial charge in [-0.05, 0) is 42.3 Å². The van der Waals surface area contributed by atoms with E-state index in [9.17, 15) is 13.2 Å². The fraction of sp³-hybridized carbons (Fsp3) is 0.167. The molecule has 1 heterocycles. The Hall–Kier alpha value is -2.51. The van der Waals surface area contributed by atoms with Crippen LogP contribution >= 0.6 is 11.6 Å². The summed E-state index contributed by atoms with van der Waals surface area (Å²) in [6.45, 7) is 1.79. The maximum Gasteiger partial charge on any atom is 0.229 e. The molecule has 0 aliphatic heterocycles. The molecule has 0 atom stereocenters. The lowest BCUT2D eigenvalue weighted by molar-refractivity contribution is -0.115. The van der Waals surface area contributed by atoms with Crippen molar-refractivity contribution >= 4 is 49.8 Å². The molecule has 3 N–H and O–H groups in total. The molecule has 1 amide bonds. The van der Waals surface area contributed by atoms with Gasteiger partial charge < -0.3 is 10.3 Å². The van der Waals surface area contributed by atoms with Crippen LogP contribution in [0.3, 0.4) is 0 Å². The first-order chi connectivity index (χ1) is 12.2. The fourth-order valence-electron chi connectivity index (χ4n) is 2.69. The lowest BCUT2D eigenvalue weighted by Gasteiger charge is -2.11. The van der Waals surface area contributed by atoms with Crippen LogP contribution in [0.15, 0.2) is 42.6 Å². The van der Waals surface area contributed by atoms with E-state index in [0.717, 1.165) is 28.3 Å². The summed E-state index contributed by atoms with van der Waals surface area (Å²) in [5.41, 5.74) is 3.45. The lowest BCUT2D eigenvalue weighted by atomic mass is 10.1. The highest BCUT2D eigenvalue weighted by molar-refractivity contribution is 7.92. The van der Waals surface area contributed by atoms with Gasteiger partial charge in [0.25, 0.3) is 0 Å². The lowest BCUT2D eigenvalue weighted by Crippen LogP contribution is -2.15. The van der Waals surface area contributed by atoms with Gasteiger partial charge in [0.1, 0.15) is 0 Å². The molecule has 0 aliphatic carbocycles. The monoisotopic (exact) mass is 391 g/mol. The third kappa shape index (κ3) is 4.36. The molecule has 2 aromatic carbocycles. The van der Waals surface area contributed by atoms with Crippen molar-refractivity contribution in [3.05, 3.63) is 58.7 Å². The first-order valence-electron chi connectivity index (χ1n) is 7.85. The van der Waals surface area contributed by atoms with Crippen LogP contribution in [0.25, 0.3) is 10.9 Å². The number of aromatic nitrogens is 1. The first kappa shape index (κ1) is 18.3. The molecule has 26 heavy (non-hydrogen) atoms. The molecule has 0 fully saturated rings. The Morgan fingerprint density at radius 1 is 1.19 bits per heavy atom. The average Bonchev–Trinajstić information content (AvgIpc) is 2.91. The number of sulfonamides is 1. The predicted molar refractivity (Wildman–Crippen MR) is 105 cm³/mol. The molecule has 0 bridgehead atoms. The minimum Gasteiger partial charge on any atom is -0.361 e. The second-order valence-corrected chi connectivity index (χ2v) is 8.32. The van der Waals surface area contributed by atoms with E-state index in [1.165, 1.54) is 0 Å². The van der Waals surface area contributed by atoms with Gasteiger partial charge in [-0.2, -0.15) is 0 Å². The second-order valence-electron chi connectivity index (χ2n) is 6.13. The van der Waals surface area contributed by atoms with Crippen LogP contribution in [-0.2, 0) is 21.2 Å². The van der Waals surface area contributed by atoms with E-state index in [4.69, 9.17) is 11.6 Å². The number of carbonyl (C=O) groups is 1. The van der Waals surface area contributed by atoms with Crippen molar-refractivity contribution in [1.82, 2.24) is 4.98 Å². The van der Waals surface area contributed by atoms with E-state index < -0.39 is 10.0 Å². The summed E-state index contributed by atoms with van der Waals surface area (Å²) >= 11 is 5.97. The fourth-order valence-corrected chi connectivity index (χ4v) is 3.48. The van der Waals surface area contributed by atoms with Gasteiger partial charge in [0.15, 0.2) is 0 Å². The molecule has 6 nitrogen and oxygen atoms in total. The predicted octanol–water partition coefficient (Wildman–Crippen LogP) is 3.68. The van der Waals surface area contributed by atoms with Crippen LogP contribution in [0, 0.1) is 6.92 Å². The largest absolute Gasteiger partial charge is 0.361 e. The minimum absolute atomic E-state index is 0.185. The summed E-state index contributed by atoms with van der Waals surface area (Å²) in [6.07, 6.45) is 3.05. The summed E-state index contributed by atoms with van der Waals surface area (Å²) < 4.78 is 25.3. The number of halogens is 1. The highest BCUT2D eigenvalue weighted by atomic mass is 35.5. The summed E-state index contributed by atoms with van der Waals surface area (Å²) in [4.78, 5) is 15.5. The molecule has 3 aromatic rings. The van der Waals surface area contributed by atoms with Crippen LogP contribution in [0.4, 0.5) is 11.4 Å². The molecule has 8 heteroatoms. The molecule has 0 radical (unpaired) electrons. The summed E-state index contributed by atoms with van der Waals surface area (Å²) in [7, 11) is -3.39. The molecule has 1 aromatic heterocycles. The molecule has 136 valence electrons. The first-order valence-corrected chi connectivity index (χ1v) is 10.1. The third-order valence-electron chi connectivity index (χ3n) is 3.90. The molecule has 0 unspecified atom stereocenters. The zero-order valence-electron chi connectivity index (χ0n) is 14.3. The van der Waals surface area contributed by atoms with Gasteiger partial charge in [0, 0.05) is 27.8 Å². The van der Waals surface area contributed by atoms with E-state index in [0.29, 0.717) is 16.4 Å². The number of anilines is 2. The number of nitrogens with one attached hydrogen (secondary N) is 3. The van der Waals surface area contributed by atoms with E-state index in [1.54, 1.807) is 43.5 Å². The molecule has 0 saturated heterocycles. The number of aromatic amines is 1. The average molecular weight is 392 g/mol. The van der Waals surface area contributed by atoms with Crippen LogP contribution in [0.2, 0.25) is 5.02 Å². The van der Waals surface area contributed by atoms with Crippen molar-refractivity contribution in [3.8, 4) is 0 Å². The van der Waals surface area contributed by atoms with Gasteiger partial charge in [-0.25, -0.2) is 8.42 Å². The number of amides is 1. The van der Waals surface area contributed by atoms with Crippen LogP contribution in [-0.4, -0.2) is 25.6 Å². The SMILES string of the molecule is Cc1ccc(NC(=O)Cc2c[nH]c3cc(Cl)ccc23)cc1NS(C)(=O)=O. The van der Waals surface area contributed by atoms with Crippen molar-refractivity contribution < 1.29 is 13.2 Å². The molecular weight excluding hydrogens is 374 g/mol. The van der Waals surface area contributed by atoms with Gasteiger partial charge in [-0.1, -0.05) is 23.7 Å². The highest BCUT2D eigenvalue weighted by Crippen LogP contribution is 2.24. The number of H-pyrrole nitrogens is 1. The molecule has 0 saturated carbocycles. The number of aryl methyl sites for hydroxylation is 1. The van der Waals surface area contributed by atoms with Crippen molar-refractivity contribution in [1.29, 1.82) is 0 Å². The number of hydrogen-bond donors (Lipinski definition) is 3. The van der Waals surface area contributed by atoms with E-state index in [-0.39, 0.29) is 12.3 Å². The molecular formula is C18H18ClN3O3S. The number of benzene rings is 2. The van der Waals surface area contributed by atoms with Crippen molar-refractivity contribution in [2.24, 2.45) is 0 Å². The number of carbonyl (C=O) groups excluding carboxylic acids is 1. The smallest absolute Gasteiger partial charge is 0.229 e.